The minimum Gasteiger partial charge on any atom is -0.496 e. The van der Waals surface area contributed by atoms with Gasteiger partial charge >= 0.3 is 12.1 Å². The third kappa shape index (κ3) is 9.23. The largest absolute Gasteiger partial charge is 0.496 e. The predicted molar refractivity (Wildman–Crippen MR) is 161 cm³/mol. The number of ether oxygens (including phenoxy) is 3. The van der Waals surface area contributed by atoms with Gasteiger partial charge in [0.25, 0.3) is 0 Å². The molecule has 3 rings (SSSR count). The number of esters is 1. The number of methoxy groups -OCH3 is 2. The lowest BCUT2D eigenvalue weighted by atomic mass is 10.0. The van der Waals surface area contributed by atoms with E-state index in [0.29, 0.717) is 30.9 Å². The standard InChI is InChI=1S/C31H36ClN3O6/c1-31(2,41-30(38)34-25-14-10-9-13-22(25)21-11-7-6-8-12-21)16-18-35(3)17-15-28(36)33-26-20-27(39-4)23(19-24(26)32)29(37)40-5/h6-14,19-20H,15-18H2,1-5H3,(H,33,36)(H,34,38). The van der Waals surface area contributed by atoms with Gasteiger partial charge in [0.1, 0.15) is 16.9 Å². The minimum absolute atomic E-state index is 0.164. The average Bonchev–Trinajstić information content (AvgIpc) is 2.95. The lowest BCUT2D eigenvalue weighted by Crippen LogP contribution is -2.35. The number of hydrogen-bond acceptors (Lipinski definition) is 7. The molecule has 3 aromatic carbocycles. The van der Waals surface area contributed by atoms with Crippen LogP contribution in [-0.4, -0.2) is 62.8 Å². The SMILES string of the molecule is COC(=O)c1cc(Cl)c(NC(=O)CCN(C)CCC(C)(C)OC(=O)Nc2ccccc2-c2ccccc2)cc1OC. The maximum atomic E-state index is 12.7. The first-order valence-corrected chi connectivity index (χ1v) is 13.5. The fraction of sp³-hybridized carbons (Fsp3) is 0.323. The van der Waals surface area contributed by atoms with Crippen LogP contribution in [0.3, 0.4) is 0 Å². The second kappa shape index (κ2) is 14.5. The maximum Gasteiger partial charge on any atom is 0.412 e. The van der Waals surface area contributed by atoms with E-state index in [9.17, 15) is 14.4 Å². The molecule has 0 saturated heterocycles. The molecule has 0 aromatic heterocycles. The van der Waals surface area contributed by atoms with Crippen LogP contribution in [0, 0.1) is 0 Å². The molecule has 10 heteroatoms. The second-order valence-electron chi connectivity index (χ2n) is 10.1. The molecule has 0 atom stereocenters. The van der Waals surface area contributed by atoms with Crippen LogP contribution in [0.4, 0.5) is 16.2 Å². The van der Waals surface area contributed by atoms with E-state index < -0.39 is 17.7 Å². The molecular weight excluding hydrogens is 546 g/mol. The molecule has 0 aliphatic heterocycles. The Balaban J connectivity index is 1.48. The molecule has 3 aromatic rings. The lowest BCUT2D eigenvalue weighted by Gasteiger charge is -2.28. The van der Waals surface area contributed by atoms with Crippen LogP contribution in [0.15, 0.2) is 66.7 Å². The fourth-order valence-corrected chi connectivity index (χ4v) is 4.27. The Hall–Kier alpha value is -4.08. The third-order valence-corrected chi connectivity index (χ3v) is 6.72. The summed E-state index contributed by atoms with van der Waals surface area (Å²) in [6.45, 7) is 4.76. The van der Waals surface area contributed by atoms with Gasteiger partial charge in [0.05, 0.1) is 30.6 Å². The van der Waals surface area contributed by atoms with Crippen LogP contribution in [0.25, 0.3) is 11.1 Å². The molecule has 0 aliphatic carbocycles. The quantitative estimate of drug-likeness (QED) is 0.236. The van der Waals surface area contributed by atoms with Crippen molar-refractivity contribution in [3.05, 3.63) is 77.3 Å². The summed E-state index contributed by atoms with van der Waals surface area (Å²) >= 11 is 6.26. The van der Waals surface area contributed by atoms with Crippen LogP contribution < -0.4 is 15.4 Å². The highest BCUT2D eigenvalue weighted by Crippen LogP contribution is 2.32. The van der Waals surface area contributed by atoms with Crippen molar-refractivity contribution in [3.8, 4) is 16.9 Å². The van der Waals surface area contributed by atoms with Crippen molar-refractivity contribution in [3.63, 3.8) is 0 Å². The van der Waals surface area contributed by atoms with Crippen molar-refractivity contribution in [1.82, 2.24) is 4.90 Å². The summed E-state index contributed by atoms with van der Waals surface area (Å²) in [5.74, 6) is -0.605. The van der Waals surface area contributed by atoms with Gasteiger partial charge in [0, 0.05) is 31.1 Å². The number of hydrogen-bond donors (Lipinski definition) is 2. The monoisotopic (exact) mass is 581 g/mol. The van der Waals surface area contributed by atoms with Crippen molar-refractivity contribution in [1.29, 1.82) is 0 Å². The van der Waals surface area contributed by atoms with Crippen LogP contribution in [0.1, 0.15) is 37.0 Å². The van der Waals surface area contributed by atoms with Crippen LogP contribution in [0.5, 0.6) is 5.75 Å². The zero-order valence-electron chi connectivity index (χ0n) is 24.0. The van der Waals surface area contributed by atoms with Gasteiger partial charge in [-0.25, -0.2) is 9.59 Å². The smallest absolute Gasteiger partial charge is 0.412 e. The van der Waals surface area contributed by atoms with Gasteiger partial charge in [0.2, 0.25) is 5.91 Å². The Bertz CT molecular complexity index is 1360. The van der Waals surface area contributed by atoms with E-state index in [4.69, 9.17) is 25.8 Å². The van der Waals surface area contributed by atoms with Crippen LogP contribution in [-0.2, 0) is 14.3 Å². The number of anilines is 2. The summed E-state index contributed by atoms with van der Waals surface area (Å²) in [5, 5.41) is 5.81. The first kappa shape index (κ1) is 31.4. The van der Waals surface area contributed by atoms with E-state index in [-0.39, 0.29) is 28.7 Å². The highest BCUT2D eigenvalue weighted by atomic mass is 35.5. The molecule has 0 fully saturated rings. The molecule has 0 unspecified atom stereocenters. The van der Waals surface area contributed by atoms with Gasteiger partial charge < -0.3 is 24.4 Å². The Morgan fingerprint density at radius 2 is 1.59 bits per heavy atom. The van der Waals surface area contributed by atoms with E-state index in [0.717, 1.165) is 11.1 Å². The minimum atomic E-state index is -0.742. The van der Waals surface area contributed by atoms with Gasteiger partial charge in [-0.15, -0.1) is 0 Å². The molecule has 2 amide bonds. The Kier molecular flexibility index (Phi) is 11.1. The van der Waals surface area contributed by atoms with Crippen molar-refractivity contribution < 1.29 is 28.6 Å². The van der Waals surface area contributed by atoms with Gasteiger partial charge in [-0.2, -0.15) is 0 Å². The summed E-state index contributed by atoms with van der Waals surface area (Å²) in [5.41, 5.74) is 2.32. The van der Waals surface area contributed by atoms with Gasteiger partial charge in [0.15, 0.2) is 0 Å². The van der Waals surface area contributed by atoms with Crippen molar-refractivity contribution in [2.45, 2.75) is 32.3 Å². The Labute approximate surface area is 245 Å². The first-order chi connectivity index (χ1) is 19.5. The summed E-state index contributed by atoms with van der Waals surface area (Å²) < 4.78 is 15.7. The molecule has 9 nitrogen and oxygen atoms in total. The van der Waals surface area contributed by atoms with E-state index >= 15 is 0 Å². The Morgan fingerprint density at radius 3 is 2.27 bits per heavy atom. The number of rotatable bonds is 12. The topological polar surface area (TPSA) is 106 Å². The molecule has 0 bridgehead atoms. The van der Waals surface area contributed by atoms with Crippen molar-refractivity contribution in [2.24, 2.45) is 0 Å². The average molecular weight is 582 g/mol. The lowest BCUT2D eigenvalue weighted by molar-refractivity contribution is -0.116. The number of carbonyl (C=O) groups excluding carboxylic acids is 3. The fourth-order valence-electron chi connectivity index (χ4n) is 4.06. The number of para-hydroxylation sites is 1. The van der Waals surface area contributed by atoms with Crippen LogP contribution in [0.2, 0.25) is 5.02 Å². The highest BCUT2D eigenvalue weighted by Gasteiger charge is 2.24. The highest BCUT2D eigenvalue weighted by molar-refractivity contribution is 6.34. The number of benzene rings is 3. The normalized spacial score (nSPS) is 11.1. The van der Waals surface area contributed by atoms with E-state index in [2.05, 4.69) is 10.6 Å². The third-order valence-electron chi connectivity index (χ3n) is 6.40. The predicted octanol–water partition coefficient (Wildman–Crippen LogP) is 6.48. The van der Waals surface area contributed by atoms with Gasteiger partial charge in [-0.3, -0.25) is 10.1 Å². The number of halogens is 1. The first-order valence-electron chi connectivity index (χ1n) is 13.1. The molecule has 0 aliphatic rings. The number of amides is 2. The summed E-state index contributed by atoms with van der Waals surface area (Å²) in [6.07, 6.45) is 0.217. The summed E-state index contributed by atoms with van der Waals surface area (Å²) in [7, 11) is 4.56. The Morgan fingerprint density at radius 1 is 0.902 bits per heavy atom. The zero-order chi connectivity index (χ0) is 30.0. The number of nitrogens with one attached hydrogen (secondary N) is 2. The van der Waals surface area contributed by atoms with E-state index in [1.165, 1.54) is 26.4 Å². The molecule has 41 heavy (non-hydrogen) atoms. The molecule has 0 spiro atoms. The maximum absolute atomic E-state index is 12.7. The molecule has 2 N–H and O–H groups in total. The van der Waals surface area contributed by atoms with Crippen molar-refractivity contribution >= 4 is 40.9 Å². The van der Waals surface area contributed by atoms with Gasteiger partial charge in [-0.05, 0) is 45.0 Å². The van der Waals surface area contributed by atoms with E-state index in [1.54, 1.807) is 0 Å². The molecule has 0 radical (unpaired) electrons. The molecule has 0 saturated carbocycles. The molecule has 218 valence electrons. The summed E-state index contributed by atoms with van der Waals surface area (Å²) in [4.78, 5) is 39.2. The zero-order valence-corrected chi connectivity index (χ0v) is 24.7. The molecular formula is C31H36ClN3O6. The van der Waals surface area contributed by atoms with Crippen LogP contribution >= 0.6 is 11.6 Å². The molecule has 0 heterocycles. The second-order valence-corrected chi connectivity index (χ2v) is 10.5. The van der Waals surface area contributed by atoms with E-state index in [1.807, 2.05) is 80.4 Å². The van der Waals surface area contributed by atoms with Gasteiger partial charge in [-0.1, -0.05) is 60.1 Å². The van der Waals surface area contributed by atoms with Crippen molar-refractivity contribution in [2.75, 3.05) is 45.0 Å². The number of carbonyl (C=O) groups is 3. The summed E-state index contributed by atoms with van der Waals surface area (Å²) in [6, 6.07) is 20.3. The number of nitrogens with zero attached hydrogens (tertiary/aromatic N) is 1.